The number of aromatic nitrogens is 1. The first kappa shape index (κ1) is 11.4. The van der Waals surface area contributed by atoms with E-state index in [1.54, 1.807) is 0 Å². The highest BCUT2D eigenvalue weighted by Gasteiger charge is 2.04. The van der Waals surface area contributed by atoms with Gasteiger partial charge in [-0.05, 0) is 36.2 Å². The van der Waals surface area contributed by atoms with Crippen molar-refractivity contribution in [2.45, 2.75) is 19.5 Å². The highest BCUT2D eigenvalue weighted by atomic mass is 79.9. The van der Waals surface area contributed by atoms with Crippen LogP contribution in [-0.4, -0.2) is 4.98 Å². The number of nitrogens with one attached hydrogen (secondary N) is 2. The van der Waals surface area contributed by atoms with Crippen molar-refractivity contribution in [3.8, 4) is 0 Å². The molecular weight excluding hydrogens is 264 g/mol. The lowest BCUT2D eigenvalue weighted by molar-refractivity contribution is 0.575. The number of hydrogen-bond acceptors (Lipinski definition) is 1. The summed E-state index contributed by atoms with van der Waals surface area (Å²) in [5, 5.41) is 3.49. The molecule has 1 atom stereocenters. The summed E-state index contributed by atoms with van der Waals surface area (Å²) >= 11 is 3.49. The molecule has 0 saturated heterocycles. The normalized spacial score (nSPS) is 12.6. The monoisotopic (exact) mass is 278 g/mol. The lowest BCUT2D eigenvalue weighted by Gasteiger charge is -2.13. The van der Waals surface area contributed by atoms with Gasteiger partial charge in [-0.25, -0.2) is 0 Å². The molecule has 1 heterocycles. The summed E-state index contributed by atoms with van der Waals surface area (Å²) in [5.41, 5.74) is 2.58. The maximum Gasteiger partial charge on any atom is 0.0295 e. The van der Waals surface area contributed by atoms with E-state index in [4.69, 9.17) is 0 Å². The van der Waals surface area contributed by atoms with E-state index in [1.165, 1.54) is 11.1 Å². The minimum Gasteiger partial charge on any atom is -0.367 e. The van der Waals surface area contributed by atoms with Gasteiger partial charge in [0.05, 0.1) is 0 Å². The fourth-order valence-electron chi connectivity index (χ4n) is 1.63. The van der Waals surface area contributed by atoms with Crippen molar-refractivity contribution < 1.29 is 0 Å². The van der Waals surface area contributed by atoms with Gasteiger partial charge >= 0.3 is 0 Å². The SMILES string of the molecule is C[C@H](NCc1cc[nH]c1)c1cccc(Br)c1. The second-order valence-corrected chi connectivity index (χ2v) is 4.79. The first-order chi connectivity index (χ1) is 7.75. The standard InChI is InChI=1S/C13H15BrN2/c1-10(12-3-2-4-13(14)7-12)16-9-11-5-6-15-8-11/h2-8,10,15-16H,9H2,1H3/t10-/m0/s1. The number of halogens is 1. The molecule has 0 aliphatic heterocycles. The van der Waals surface area contributed by atoms with Gasteiger partial charge in [-0.2, -0.15) is 0 Å². The van der Waals surface area contributed by atoms with Gasteiger partial charge in [-0.15, -0.1) is 0 Å². The van der Waals surface area contributed by atoms with E-state index in [0.29, 0.717) is 6.04 Å². The van der Waals surface area contributed by atoms with Crippen molar-refractivity contribution in [2.75, 3.05) is 0 Å². The summed E-state index contributed by atoms with van der Waals surface area (Å²) < 4.78 is 1.13. The van der Waals surface area contributed by atoms with Crippen LogP contribution in [-0.2, 0) is 6.54 Å². The van der Waals surface area contributed by atoms with E-state index in [9.17, 15) is 0 Å². The molecule has 16 heavy (non-hydrogen) atoms. The summed E-state index contributed by atoms with van der Waals surface area (Å²) in [4.78, 5) is 3.05. The van der Waals surface area contributed by atoms with E-state index in [0.717, 1.165) is 11.0 Å². The second kappa shape index (κ2) is 5.32. The van der Waals surface area contributed by atoms with Crippen LogP contribution in [0.1, 0.15) is 24.1 Å². The maximum atomic E-state index is 3.49. The molecule has 2 aromatic rings. The lowest BCUT2D eigenvalue weighted by atomic mass is 10.1. The maximum absolute atomic E-state index is 3.49. The van der Waals surface area contributed by atoms with Gasteiger partial charge in [-0.3, -0.25) is 0 Å². The Labute approximate surface area is 104 Å². The Balaban J connectivity index is 1.95. The molecule has 3 heteroatoms. The molecule has 2 rings (SSSR count). The van der Waals surface area contributed by atoms with E-state index in [1.807, 2.05) is 18.5 Å². The van der Waals surface area contributed by atoms with Gasteiger partial charge in [0, 0.05) is 29.5 Å². The highest BCUT2D eigenvalue weighted by molar-refractivity contribution is 9.10. The zero-order valence-electron chi connectivity index (χ0n) is 9.20. The van der Waals surface area contributed by atoms with E-state index >= 15 is 0 Å². The van der Waals surface area contributed by atoms with E-state index in [2.05, 4.69) is 57.4 Å². The van der Waals surface area contributed by atoms with Crippen LogP contribution < -0.4 is 5.32 Å². The molecule has 0 aliphatic carbocycles. The highest BCUT2D eigenvalue weighted by Crippen LogP contribution is 2.18. The minimum atomic E-state index is 0.354. The average Bonchev–Trinajstić information content (AvgIpc) is 2.78. The molecule has 2 N–H and O–H groups in total. The van der Waals surface area contributed by atoms with E-state index in [-0.39, 0.29) is 0 Å². The summed E-state index contributed by atoms with van der Waals surface area (Å²) in [7, 11) is 0. The fourth-order valence-corrected chi connectivity index (χ4v) is 2.05. The van der Waals surface area contributed by atoms with Gasteiger partial charge in [0.25, 0.3) is 0 Å². The Bertz CT molecular complexity index is 437. The molecule has 0 saturated carbocycles. The summed E-state index contributed by atoms with van der Waals surface area (Å²) in [6, 6.07) is 10.8. The number of benzene rings is 1. The number of hydrogen-bond donors (Lipinski definition) is 2. The van der Waals surface area contributed by atoms with Crippen LogP contribution in [0.2, 0.25) is 0 Å². The van der Waals surface area contributed by atoms with Crippen LogP contribution in [0, 0.1) is 0 Å². The number of H-pyrrole nitrogens is 1. The quantitative estimate of drug-likeness (QED) is 0.878. The topological polar surface area (TPSA) is 27.8 Å². The zero-order chi connectivity index (χ0) is 11.4. The Morgan fingerprint density at radius 1 is 1.38 bits per heavy atom. The first-order valence-electron chi connectivity index (χ1n) is 5.36. The van der Waals surface area contributed by atoms with Crippen molar-refractivity contribution in [1.29, 1.82) is 0 Å². The summed E-state index contributed by atoms with van der Waals surface area (Å²) in [5.74, 6) is 0. The Kier molecular flexibility index (Phi) is 3.80. The van der Waals surface area contributed by atoms with Crippen LogP contribution in [0.3, 0.4) is 0 Å². The minimum absolute atomic E-state index is 0.354. The van der Waals surface area contributed by atoms with Crippen LogP contribution >= 0.6 is 15.9 Å². The smallest absolute Gasteiger partial charge is 0.0295 e. The molecule has 1 aromatic heterocycles. The number of rotatable bonds is 4. The fraction of sp³-hybridized carbons (Fsp3) is 0.231. The van der Waals surface area contributed by atoms with Crippen LogP contribution in [0.4, 0.5) is 0 Å². The number of aromatic amines is 1. The Morgan fingerprint density at radius 2 is 2.25 bits per heavy atom. The van der Waals surface area contributed by atoms with Crippen LogP contribution in [0.25, 0.3) is 0 Å². The predicted molar refractivity (Wildman–Crippen MR) is 70.2 cm³/mol. The molecular formula is C13H15BrN2. The Hall–Kier alpha value is -1.06. The third-order valence-electron chi connectivity index (χ3n) is 2.62. The largest absolute Gasteiger partial charge is 0.367 e. The van der Waals surface area contributed by atoms with Crippen molar-refractivity contribution in [1.82, 2.24) is 10.3 Å². The molecule has 0 amide bonds. The molecule has 84 valence electrons. The van der Waals surface area contributed by atoms with E-state index < -0.39 is 0 Å². The molecule has 0 aliphatic rings. The zero-order valence-corrected chi connectivity index (χ0v) is 10.8. The van der Waals surface area contributed by atoms with Crippen molar-refractivity contribution in [2.24, 2.45) is 0 Å². The average molecular weight is 279 g/mol. The molecule has 0 bridgehead atoms. The molecule has 2 nitrogen and oxygen atoms in total. The molecule has 0 fully saturated rings. The third kappa shape index (κ3) is 2.97. The van der Waals surface area contributed by atoms with Crippen molar-refractivity contribution >= 4 is 15.9 Å². The van der Waals surface area contributed by atoms with Gasteiger partial charge < -0.3 is 10.3 Å². The summed E-state index contributed by atoms with van der Waals surface area (Å²) in [6.07, 6.45) is 3.96. The molecule has 0 spiro atoms. The van der Waals surface area contributed by atoms with Gasteiger partial charge in [0.2, 0.25) is 0 Å². The first-order valence-corrected chi connectivity index (χ1v) is 6.15. The molecule has 0 unspecified atom stereocenters. The van der Waals surface area contributed by atoms with Gasteiger partial charge in [-0.1, -0.05) is 28.1 Å². The van der Waals surface area contributed by atoms with Crippen molar-refractivity contribution in [3.05, 3.63) is 58.3 Å². The van der Waals surface area contributed by atoms with Crippen LogP contribution in [0.5, 0.6) is 0 Å². The second-order valence-electron chi connectivity index (χ2n) is 3.88. The Morgan fingerprint density at radius 3 is 2.94 bits per heavy atom. The molecule has 0 radical (unpaired) electrons. The summed E-state index contributed by atoms with van der Waals surface area (Å²) in [6.45, 7) is 3.06. The molecule has 1 aromatic carbocycles. The van der Waals surface area contributed by atoms with Gasteiger partial charge in [0.1, 0.15) is 0 Å². The lowest BCUT2D eigenvalue weighted by Crippen LogP contribution is -2.17. The van der Waals surface area contributed by atoms with Crippen molar-refractivity contribution in [3.63, 3.8) is 0 Å². The van der Waals surface area contributed by atoms with Gasteiger partial charge in [0.15, 0.2) is 0 Å². The third-order valence-corrected chi connectivity index (χ3v) is 3.12. The van der Waals surface area contributed by atoms with Crippen LogP contribution in [0.15, 0.2) is 47.2 Å². The predicted octanol–water partition coefficient (Wildman–Crippen LogP) is 3.63.